The second-order valence-electron chi connectivity index (χ2n) is 11.0. The third-order valence-corrected chi connectivity index (χ3v) is 11.5. The van der Waals surface area contributed by atoms with Crippen LogP contribution in [-0.2, 0) is 24.8 Å². The molecule has 3 aliphatic rings. The van der Waals surface area contributed by atoms with E-state index in [0.29, 0.717) is 69.4 Å². The predicted molar refractivity (Wildman–Crippen MR) is 160 cm³/mol. The molecule has 1 spiro atoms. The van der Waals surface area contributed by atoms with Crippen molar-refractivity contribution in [1.82, 2.24) is 19.3 Å². The van der Waals surface area contributed by atoms with E-state index in [2.05, 4.69) is 20.3 Å². The Bertz CT molecular complexity index is 1520. The standard InChI is InChI=1S/C27H40N6O8S2/c1-28-25-24(14-23-26(31-25)39-12-11-32(23)3)43(37,38)33-9-7-27(8-10-33)15-19(17-41-27)30-16-20(34)18-40-21-5-4-6-22(13-21)42(35,36)29-2/h4-6,13-14,19-20,29-30,34H,7-12,15-18H2,1-3H3,(H,28,31). The first-order valence-electron chi connectivity index (χ1n) is 14.2. The SMILES string of the molecule is CNc1nc2c(cc1S(=O)(=O)N1CCC3(CC1)CC(NCC(O)COc1cccc(S(=O)(=O)NC)c1)CO3)N(C)CCO2. The minimum atomic E-state index is -3.81. The van der Waals surface area contributed by atoms with Crippen LogP contribution in [0.4, 0.5) is 11.5 Å². The van der Waals surface area contributed by atoms with Gasteiger partial charge >= 0.3 is 0 Å². The highest BCUT2D eigenvalue weighted by atomic mass is 32.2. The number of hydrogen-bond acceptors (Lipinski definition) is 12. The fraction of sp³-hybridized carbons (Fsp3) is 0.593. The molecule has 2 unspecified atom stereocenters. The number of piperidine rings is 1. The van der Waals surface area contributed by atoms with E-state index in [1.807, 2.05) is 11.9 Å². The van der Waals surface area contributed by atoms with Gasteiger partial charge in [0.05, 0.1) is 23.6 Å². The summed E-state index contributed by atoms with van der Waals surface area (Å²) in [5, 5.41) is 16.7. The Hall–Kier alpha value is -2.73. The van der Waals surface area contributed by atoms with Crippen molar-refractivity contribution in [2.75, 3.05) is 77.4 Å². The normalized spacial score (nSPS) is 21.3. The second-order valence-corrected chi connectivity index (χ2v) is 14.8. The molecule has 43 heavy (non-hydrogen) atoms. The molecule has 5 rings (SSSR count). The van der Waals surface area contributed by atoms with Gasteiger partial charge in [0.15, 0.2) is 0 Å². The lowest BCUT2D eigenvalue weighted by atomic mass is 9.88. The number of aliphatic hydroxyl groups excluding tert-OH is 1. The molecular formula is C27H40N6O8S2. The quantitative estimate of drug-likeness (QED) is 0.263. The Labute approximate surface area is 252 Å². The lowest BCUT2D eigenvalue weighted by Crippen LogP contribution is -2.47. The fourth-order valence-corrected chi connectivity index (χ4v) is 7.98. The summed E-state index contributed by atoms with van der Waals surface area (Å²) in [6.07, 6.45) is 0.975. The largest absolute Gasteiger partial charge is 0.491 e. The van der Waals surface area contributed by atoms with Crippen molar-refractivity contribution in [3.05, 3.63) is 30.3 Å². The fourth-order valence-electron chi connectivity index (χ4n) is 5.62. The van der Waals surface area contributed by atoms with Crippen LogP contribution < -0.4 is 29.7 Å². The lowest BCUT2D eigenvalue weighted by molar-refractivity contribution is -0.0312. The zero-order chi connectivity index (χ0) is 30.8. The van der Waals surface area contributed by atoms with Gasteiger partial charge in [-0.15, -0.1) is 0 Å². The molecule has 2 atom stereocenters. The third kappa shape index (κ3) is 6.84. The van der Waals surface area contributed by atoms with Gasteiger partial charge in [-0.05, 0) is 44.5 Å². The second kappa shape index (κ2) is 12.7. The van der Waals surface area contributed by atoms with Gasteiger partial charge < -0.3 is 34.9 Å². The van der Waals surface area contributed by atoms with Gasteiger partial charge in [0.1, 0.15) is 41.5 Å². The third-order valence-electron chi connectivity index (χ3n) is 8.18. The Kier molecular flexibility index (Phi) is 9.37. The van der Waals surface area contributed by atoms with Gasteiger partial charge in [-0.25, -0.2) is 21.6 Å². The van der Waals surface area contributed by atoms with Crippen LogP contribution in [0.3, 0.4) is 0 Å². The molecule has 14 nitrogen and oxygen atoms in total. The minimum absolute atomic E-state index is 0.00168. The van der Waals surface area contributed by atoms with Gasteiger partial charge in [-0.1, -0.05) is 6.07 Å². The summed E-state index contributed by atoms with van der Waals surface area (Å²) < 4.78 is 72.6. The molecule has 2 fully saturated rings. The molecule has 0 bridgehead atoms. The van der Waals surface area contributed by atoms with Crippen molar-refractivity contribution in [2.24, 2.45) is 0 Å². The summed E-state index contributed by atoms with van der Waals surface area (Å²) in [6, 6.07) is 7.71. The van der Waals surface area contributed by atoms with E-state index in [1.54, 1.807) is 25.2 Å². The van der Waals surface area contributed by atoms with Crippen LogP contribution in [0, 0.1) is 0 Å². The molecule has 0 radical (unpaired) electrons. The topological polar surface area (TPSA) is 172 Å². The molecule has 0 amide bonds. The molecule has 0 saturated carbocycles. The molecule has 2 saturated heterocycles. The Balaban J connectivity index is 1.12. The number of anilines is 2. The van der Waals surface area contributed by atoms with Gasteiger partial charge in [0.2, 0.25) is 25.9 Å². The van der Waals surface area contributed by atoms with E-state index in [4.69, 9.17) is 14.2 Å². The summed E-state index contributed by atoms with van der Waals surface area (Å²) in [4.78, 5) is 6.58. The number of nitrogens with zero attached hydrogens (tertiary/aromatic N) is 3. The summed E-state index contributed by atoms with van der Waals surface area (Å²) in [6.45, 7) is 2.47. The van der Waals surface area contributed by atoms with E-state index >= 15 is 0 Å². The van der Waals surface area contributed by atoms with Crippen LogP contribution in [0.5, 0.6) is 11.6 Å². The number of aromatic nitrogens is 1. The number of hydrogen-bond donors (Lipinski definition) is 4. The Morgan fingerprint density at radius 1 is 1.16 bits per heavy atom. The summed E-state index contributed by atoms with van der Waals surface area (Å²) in [7, 11) is -2.55. The maximum Gasteiger partial charge on any atom is 0.246 e. The molecule has 2 aromatic rings. The van der Waals surface area contributed by atoms with E-state index < -0.39 is 31.8 Å². The maximum atomic E-state index is 13.7. The van der Waals surface area contributed by atoms with Crippen LogP contribution in [0.25, 0.3) is 0 Å². The van der Waals surface area contributed by atoms with Crippen LogP contribution in [0.1, 0.15) is 19.3 Å². The number of likely N-dealkylation sites (N-methyl/N-ethyl adjacent to an activating group) is 1. The van der Waals surface area contributed by atoms with Crippen LogP contribution in [0.2, 0.25) is 0 Å². The zero-order valence-electron chi connectivity index (χ0n) is 24.6. The number of ether oxygens (including phenoxy) is 3. The van der Waals surface area contributed by atoms with E-state index in [-0.39, 0.29) is 34.8 Å². The van der Waals surface area contributed by atoms with Gasteiger partial charge in [-0.2, -0.15) is 9.29 Å². The molecule has 3 aliphatic heterocycles. The van der Waals surface area contributed by atoms with Gasteiger partial charge in [0, 0.05) is 45.8 Å². The van der Waals surface area contributed by atoms with Crippen LogP contribution >= 0.6 is 0 Å². The summed E-state index contributed by atoms with van der Waals surface area (Å²) in [5.74, 6) is 1.01. The Morgan fingerprint density at radius 2 is 1.93 bits per heavy atom. The zero-order valence-corrected chi connectivity index (χ0v) is 26.2. The van der Waals surface area contributed by atoms with E-state index in [9.17, 15) is 21.9 Å². The van der Waals surface area contributed by atoms with Crippen molar-refractivity contribution in [3.63, 3.8) is 0 Å². The minimum Gasteiger partial charge on any atom is -0.491 e. The van der Waals surface area contributed by atoms with Crippen LogP contribution in [-0.4, -0.2) is 116 Å². The molecule has 4 heterocycles. The summed E-state index contributed by atoms with van der Waals surface area (Å²) in [5.41, 5.74) is 0.214. The van der Waals surface area contributed by atoms with E-state index in [1.165, 1.54) is 23.5 Å². The molecular weight excluding hydrogens is 600 g/mol. The first-order chi connectivity index (χ1) is 20.5. The number of rotatable bonds is 11. The maximum absolute atomic E-state index is 13.7. The Morgan fingerprint density at radius 3 is 2.65 bits per heavy atom. The monoisotopic (exact) mass is 640 g/mol. The van der Waals surface area contributed by atoms with Crippen molar-refractivity contribution in [3.8, 4) is 11.6 Å². The number of nitrogens with one attached hydrogen (secondary N) is 3. The van der Waals surface area contributed by atoms with Crippen molar-refractivity contribution >= 4 is 31.6 Å². The van der Waals surface area contributed by atoms with Gasteiger partial charge in [0.25, 0.3) is 0 Å². The number of aliphatic hydroxyl groups is 1. The number of pyridine rings is 1. The molecule has 0 aliphatic carbocycles. The number of benzene rings is 1. The first kappa shape index (κ1) is 31.7. The molecule has 4 N–H and O–H groups in total. The molecule has 1 aromatic heterocycles. The summed E-state index contributed by atoms with van der Waals surface area (Å²) >= 11 is 0. The highest BCUT2D eigenvalue weighted by molar-refractivity contribution is 7.89. The highest BCUT2D eigenvalue weighted by Gasteiger charge is 2.45. The van der Waals surface area contributed by atoms with E-state index in [0.717, 1.165) is 0 Å². The van der Waals surface area contributed by atoms with Gasteiger partial charge in [-0.3, -0.25) is 0 Å². The molecule has 1 aromatic carbocycles. The highest BCUT2D eigenvalue weighted by Crippen LogP contribution is 2.40. The van der Waals surface area contributed by atoms with Crippen molar-refractivity contribution in [2.45, 2.75) is 46.8 Å². The average molecular weight is 641 g/mol. The smallest absolute Gasteiger partial charge is 0.246 e. The number of fused-ring (bicyclic) bond motifs is 1. The van der Waals surface area contributed by atoms with Crippen molar-refractivity contribution < 1.29 is 36.2 Å². The number of sulfonamides is 2. The first-order valence-corrected chi connectivity index (χ1v) is 17.2. The molecule has 238 valence electrons. The lowest BCUT2D eigenvalue weighted by Gasteiger charge is -2.38. The predicted octanol–water partition coefficient (Wildman–Crippen LogP) is 0.202. The van der Waals surface area contributed by atoms with Crippen molar-refractivity contribution in [1.29, 1.82) is 0 Å². The van der Waals surface area contributed by atoms with Crippen LogP contribution in [0.15, 0.2) is 40.1 Å². The molecule has 16 heteroatoms. The average Bonchev–Trinajstić information content (AvgIpc) is 3.40.